The summed E-state index contributed by atoms with van der Waals surface area (Å²) >= 11 is 0. The molecule has 0 bridgehead atoms. The summed E-state index contributed by atoms with van der Waals surface area (Å²) in [6.45, 7) is 6.72. The Kier molecular flexibility index (Phi) is 6.46. The standard InChI is InChI=1S/C27H29FN6O/c1-17(2)34-15-13-19(14-16-34)18-7-9-20(10-8-18)27(35)31-26-21-11-12-24(30-25(21)32-33-26)29-23-6-4-3-5-22(23)28/h3-12,17,19H,13-16H2,1-2H3,(H3,29,30,31,32,33,35). The molecule has 3 heterocycles. The minimum Gasteiger partial charge on any atom is -0.338 e. The molecule has 0 aliphatic carbocycles. The lowest BCUT2D eigenvalue weighted by atomic mass is 9.88. The van der Waals surface area contributed by atoms with Crippen LogP contribution in [0, 0.1) is 5.82 Å². The Bertz CT molecular complexity index is 1330. The van der Waals surface area contributed by atoms with Gasteiger partial charge in [0.1, 0.15) is 11.6 Å². The Morgan fingerprint density at radius 2 is 1.80 bits per heavy atom. The molecule has 0 radical (unpaired) electrons. The second-order valence-electron chi connectivity index (χ2n) is 9.25. The number of H-pyrrole nitrogens is 1. The zero-order chi connectivity index (χ0) is 24.4. The van der Waals surface area contributed by atoms with Gasteiger partial charge in [-0.2, -0.15) is 5.10 Å². The number of anilines is 3. The minimum atomic E-state index is -0.362. The van der Waals surface area contributed by atoms with Gasteiger partial charge in [0.05, 0.1) is 11.1 Å². The van der Waals surface area contributed by atoms with E-state index in [9.17, 15) is 9.18 Å². The van der Waals surface area contributed by atoms with Crippen molar-refractivity contribution in [2.75, 3.05) is 23.7 Å². The number of fused-ring (bicyclic) bond motifs is 1. The fourth-order valence-electron chi connectivity index (χ4n) is 4.61. The van der Waals surface area contributed by atoms with Crippen LogP contribution in [-0.2, 0) is 0 Å². The number of hydrogen-bond acceptors (Lipinski definition) is 5. The maximum atomic E-state index is 13.9. The number of pyridine rings is 1. The first-order valence-corrected chi connectivity index (χ1v) is 12.0. The molecule has 4 aromatic rings. The first kappa shape index (κ1) is 23.0. The predicted octanol–water partition coefficient (Wildman–Crippen LogP) is 5.68. The highest BCUT2D eigenvalue weighted by Gasteiger charge is 2.22. The van der Waals surface area contributed by atoms with Crippen LogP contribution in [0.2, 0.25) is 0 Å². The van der Waals surface area contributed by atoms with E-state index in [1.165, 1.54) is 11.6 Å². The summed E-state index contributed by atoms with van der Waals surface area (Å²) in [7, 11) is 0. The van der Waals surface area contributed by atoms with Gasteiger partial charge in [-0.05, 0) is 87.7 Å². The van der Waals surface area contributed by atoms with E-state index < -0.39 is 0 Å². The van der Waals surface area contributed by atoms with E-state index in [4.69, 9.17) is 0 Å². The fourth-order valence-corrected chi connectivity index (χ4v) is 4.61. The number of aromatic amines is 1. The quantitative estimate of drug-likeness (QED) is 0.336. The van der Waals surface area contributed by atoms with Crippen molar-refractivity contribution in [3.63, 3.8) is 0 Å². The van der Waals surface area contributed by atoms with E-state index in [1.807, 2.05) is 12.1 Å². The highest BCUT2D eigenvalue weighted by molar-refractivity contribution is 6.07. The molecule has 0 saturated carbocycles. The Hall–Kier alpha value is -3.78. The van der Waals surface area contributed by atoms with Crippen LogP contribution in [-0.4, -0.2) is 45.1 Å². The summed E-state index contributed by atoms with van der Waals surface area (Å²) in [4.78, 5) is 19.8. The van der Waals surface area contributed by atoms with E-state index in [0.717, 1.165) is 25.9 Å². The van der Waals surface area contributed by atoms with Gasteiger partial charge in [-0.15, -0.1) is 0 Å². The summed E-state index contributed by atoms with van der Waals surface area (Å²) in [5.74, 6) is 0.821. The van der Waals surface area contributed by atoms with Gasteiger partial charge in [0, 0.05) is 11.6 Å². The first-order valence-electron chi connectivity index (χ1n) is 12.0. The molecule has 5 rings (SSSR count). The number of benzene rings is 2. The van der Waals surface area contributed by atoms with E-state index in [1.54, 1.807) is 30.3 Å². The third-order valence-corrected chi connectivity index (χ3v) is 6.70. The zero-order valence-electron chi connectivity index (χ0n) is 19.9. The lowest BCUT2D eigenvalue weighted by Crippen LogP contribution is -2.37. The Balaban J connectivity index is 1.24. The highest BCUT2D eigenvalue weighted by Crippen LogP contribution is 2.29. The van der Waals surface area contributed by atoms with Gasteiger partial charge in [-0.1, -0.05) is 24.3 Å². The van der Waals surface area contributed by atoms with Gasteiger partial charge < -0.3 is 15.5 Å². The predicted molar refractivity (Wildman–Crippen MR) is 137 cm³/mol. The Morgan fingerprint density at radius 3 is 2.51 bits per heavy atom. The lowest BCUT2D eigenvalue weighted by Gasteiger charge is -2.34. The molecular formula is C27H29FN6O. The van der Waals surface area contributed by atoms with E-state index in [2.05, 4.69) is 56.7 Å². The number of carbonyl (C=O) groups excluding carboxylic acids is 1. The summed E-state index contributed by atoms with van der Waals surface area (Å²) < 4.78 is 13.9. The van der Waals surface area contributed by atoms with Crippen molar-refractivity contribution in [2.45, 2.75) is 38.6 Å². The molecule has 0 atom stereocenters. The molecule has 1 aliphatic heterocycles. The van der Waals surface area contributed by atoms with Crippen LogP contribution in [0.5, 0.6) is 0 Å². The number of aromatic nitrogens is 3. The van der Waals surface area contributed by atoms with Crippen LogP contribution < -0.4 is 10.6 Å². The van der Waals surface area contributed by atoms with Gasteiger partial charge in [0.25, 0.3) is 5.91 Å². The second-order valence-corrected chi connectivity index (χ2v) is 9.25. The van der Waals surface area contributed by atoms with Gasteiger partial charge in [-0.25, -0.2) is 9.37 Å². The minimum absolute atomic E-state index is 0.229. The lowest BCUT2D eigenvalue weighted by molar-refractivity contribution is 0.102. The molecule has 35 heavy (non-hydrogen) atoms. The van der Waals surface area contributed by atoms with Crippen molar-refractivity contribution in [2.24, 2.45) is 0 Å². The first-order chi connectivity index (χ1) is 17.0. The number of piperidine rings is 1. The number of rotatable bonds is 6. The van der Waals surface area contributed by atoms with Crippen LogP contribution in [0.25, 0.3) is 11.0 Å². The van der Waals surface area contributed by atoms with Gasteiger partial charge in [0.2, 0.25) is 0 Å². The van der Waals surface area contributed by atoms with Crippen LogP contribution in [0.4, 0.5) is 21.7 Å². The molecule has 3 N–H and O–H groups in total. The van der Waals surface area contributed by atoms with Crippen molar-refractivity contribution in [3.8, 4) is 0 Å². The molecule has 0 spiro atoms. The molecular weight excluding hydrogens is 443 g/mol. The molecule has 1 amide bonds. The molecule has 2 aromatic heterocycles. The van der Waals surface area contributed by atoms with Crippen molar-refractivity contribution in [3.05, 3.63) is 77.6 Å². The summed E-state index contributed by atoms with van der Waals surface area (Å²) in [6, 6.07) is 18.4. The van der Waals surface area contributed by atoms with Crippen molar-refractivity contribution < 1.29 is 9.18 Å². The van der Waals surface area contributed by atoms with Gasteiger partial charge >= 0.3 is 0 Å². The average molecular weight is 473 g/mol. The number of para-hydroxylation sites is 1. The molecule has 7 nitrogen and oxygen atoms in total. The van der Waals surface area contributed by atoms with E-state index in [0.29, 0.717) is 45.9 Å². The topological polar surface area (TPSA) is 85.9 Å². The Labute approximate surface area is 203 Å². The maximum Gasteiger partial charge on any atom is 0.256 e. The number of amides is 1. The molecule has 180 valence electrons. The SMILES string of the molecule is CC(C)N1CCC(c2ccc(C(=O)Nc3n[nH]c4nc(Nc5ccccc5F)ccc34)cc2)CC1. The number of halogens is 1. The number of nitrogens with one attached hydrogen (secondary N) is 3. The third-order valence-electron chi connectivity index (χ3n) is 6.70. The third kappa shape index (κ3) is 5.02. The van der Waals surface area contributed by atoms with Crippen LogP contribution in [0.15, 0.2) is 60.7 Å². The zero-order valence-corrected chi connectivity index (χ0v) is 19.9. The fraction of sp³-hybridized carbons (Fsp3) is 0.296. The monoisotopic (exact) mass is 472 g/mol. The summed E-state index contributed by atoms with van der Waals surface area (Å²) in [5.41, 5.74) is 2.69. The van der Waals surface area contributed by atoms with E-state index >= 15 is 0 Å². The number of likely N-dealkylation sites (tertiary alicyclic amines) is 1. The molecule has 1 saturated heterocycles. The molecule has 1 fully saturated rings. The van der Waals surface area contributed by atoms with E-state index in [-0.39, 0.29) is 11.7 Å². The van der Waals surface area contributed by atoms with Crippen LogP contribution >= 0.6 is 0 Å². The largest absolute Gasteiger partial charge is 0.338 e. The molecule has 2 aromatic carbocycles. The molecule has 1 aliphatic rings. The normalized spacial score (nSPS) is 15.0. The second kappa shape index (κ2) is 9.84. The maximum absolute atomic E-state index is 13.9. The summed E-state index contributed by atoms with van der Waals surface area (Å²) in [6.07, 6.45) is 2.29. The smallest absolute Gasteiger partial charge is 0.256 e. The average Bonchev–Trinajstić information content (AvgIpc) is 3.27. The molecule has 0 unspecified atom stereocenters. The molecule has 8 heteroatoms. The number of hydrogen-bond donors (Lipinski definition) is 3. The van der Waals surface area contributed by atoms with Crippen LogP contribution in [0.3, 0.4) is 0 Å². The highest BCUT2D eigenvalue weighted by atomic mass is 19.1. The van der Waals surface area contributed by atoms with Crippen molar-refractivity contribution in [1.82, 2.24) is 20.1 Å². The van der Waals surface area contributed by atoms with Gasteiger partial charge in [-0.3, -0.25) is 9.89 Å². The number of nitrogens with zero attached hydrogens (tertiary/aromatic N) is 3. The van der Waals surface area contributed by atoms with Crippen molar-refractivity contribution in [1.29, 1.82) is 0 Å². The Morgan fingerprint density at radius 1 is 1.06 bits per heavy atom. The van der Waals surface area contributed by atoms with Crippen LogP contribution in [0.1, 0.15) is 48.5 Å². The van der Waals surface area contributed by atoms with Gasteiger partial charge in [0.15, 0.2) is 11.5 Å². The summed E-state index contributed by atoms with van der Waals surface area (Å²) in [5, 5.41) is 13.5. The number of carbonyl (C=O) groups is 1. The van der Waals surface area contributed by atoms with Crippen molar-refractivity contribution >= 4 is 34.3 Å².